The zero-order valence-electron chi connectivity index (χ0n) is 13.0. The molecule has 2 heteroatoms. The van der Waals surface area contributed by atoms with Crippen molar-refractivity contribution < 1.29 is 0 Å². The van der Waals surface area contributed by atoms with E-state index in [2.05, 4.69) is 48.4 Å². The summed E-state index contributed by atoms with van der Waals surface area (Å²) in [6.45, 7) is 4.37. The van der Waals surface area contributed by atoms with E-state index in [0.717, 1.165) is 0 Å². The maximum Gasteiger partial charge on any atom is 0.0596 e. The Morgan fingerprint density at radius 3 is 2.67 bits per heavy atom. The highest BCUT2D eigenvalue weighted by molar-refractivity contribution is 5.38. The number of hydrogen-bond donors (Lipinski definition) is 1. The van der Waals surface area contributed by atoms with Crippen LogP contribution in [0.15, 0.2) is 42.7 Å². The monoisotopic (exact) mass is 280 g/mol. The van der Waals surface area contributed by atoms with Gasteiger partial charge in [0.25, 0.3) is 0 Å². The number of benzene rings is 1. The molecule has 0 bridgehead atoms. The minimum Gasteiger partial charge on any atom is -0.303 e. The van der Waals surface area contributed by atoms with E-state index in [4.69, 9.17) is 0 Å². The van der Waals surface area contributed by atoms with Gasteiger partial charge in [-0.1, -0.05) is 42.7 Å². The van der Waals surface area contributed by atoms with Gasteiger partial charge in [0, 0.05) is 18.4 Å². The van der Waals surface area contributed by atoms with Crippen molar-refractivity contribution in [3.8, 4) is 0 Å². The molecular formula is C19H24N2. The summed E-state index contributed by atoms with van der Waals surface area (Å²) < 4.78 is 0. The van der Waals surface area contributed by atoms with Crippen LogP contribution in [-0.4, -0.2) is 11.0 Å². The Bertz CT molecular complexity index is 586. The zero-order chi connectivity index (χ0) is 14.7. The van der Waals surface area contributed by atoms with Crippen LogP contribution >= 0.6 is 0 Å². The maximum atomic E-state index is 4.32. The van der Waals surface area contributed by atoms with Gasteiger partial charge in [-0.15, -0.1) is 0 Å². The smallest absolute Gasteiger partial charge is 0.0596 e. The molecule has 2 nitrogen and oxygen atoms in total. The average Bonchev–Trinajstić information content (AvgIpc) is 3.01. The Hall–Kier alpha value is -1.67. The molecule has 1 unspecified atom stereocenters. The zero-order valence-corrected chi connectivity index (χ0v) is 13.0. The molecule has 110 valence electrons. The number of pyridine rings is 1. The molecular weight excluding hydrogens is 256 g/mol. The standard InChI is InChI=1S/C19H24N2/c1-14-9-10-15(2)18(12-14)19(16-6-5-11-20-13-16)21-17-7-3-4-8-17/h5-6,9-13,17,19,21H,3-4,7-8H2,1-2H3. The summed E-state index contributed by atoms with van der Waals surface area (Å²) in [5.41, 5.74) is 5.31. The Kier molecular flexibility index (Phi) is 4.35. The lowest BCUT2D eigenvalue weighted by Crippen LogP contribution is -2.32. The molecule has 0 aliphatic heterocycles. The fourth-order valence-corrected chi connectivity index (χ4v) is 3.31. The second-order valence-corrected chi connectivity index (χ2v) is 6.23. The van der Waals surface area contributed by atoms with Gasteiger partial charge in [0.2, 0.25) is 0 Å². The van der Waals surface area contributed by atoms with Gasteiger partial charge >= 0.3 is 0 Å². The molecule has 3 rings (SSSR count). The summed E-state index contributed by atoms with van der Waals surface area (Å²) in [6.07, 6.45) is 9.13. The van der Waals surface area contributed by atoms with Crippen LogP contribution in [0.3, 0.4) is 0 Å². The molecule has 1 aromatic carbocycles. The molecule has 0 radical (unpaired) electrons. The lowest BCUT2D eigenvalue weighted by atomic mass is 9.93. The Labute approximate surface area is 127 Å². The quantitative estimate of drug-likeness (QED) is 0.902. The van der Waals surface area contributed by atoms with Crippen LogP contribution in [0.1, 0.15) is 54.0 Å². The second kappa shape index (κ2) is 6.40. The molecule has 0 saturated heterocycles. The Morgan fingerprint density at radius 2 is 1.95 bits per heavy atom. The third-order valence-corrected chi connectivity index (χ3v) is 4.52. The van der Waals surface area contributed by atoms with Gasteiger partial charge in [-0.05, 0) is 49.4 Å². The van der Waals surface area contributed by atoms with Crippen molar-refractivity contribution in [1.82, 2.24) is 10.3 Å². The van der Waals surface area contributed by atoms with E-state index in [1.54, 1.807) is 0 Å². The number of rotatable bonds is 4. The molecule has 1 aliphatic rings. The van der Waals surface area contributed by atoms with Gasteiger partial charge in [-0.25, -0.2) is 0 Å². The molecule has 1 aromatic heterocycles. The SMILES string of the molecule is Cc1ccc(C)c(C(NC2CCCC2)c2cccnc2)c1. The van der Waals surface area contributed by atoms with E-state index < -0.39 is 0 Å². The van der Waals surface area contributed by atoms with E-state index in [-0.39, 0.29) is 6.04 Å². The molecule has 21 heavy (non-hydrogen) atoms. The first kappa shape index (κ1) is 14.3. The van der Waals surface area contributed by atoms with Crippen LogP contribution in [0.4, 0.5) is 0 Å². The number of aryl methyl sites for hydroxylation is 2. The van der Waals surface area contributed by atoms with Gasteiger partial charge in [-0.3, -0.25) is 4.98 Å². The minimum absolute atomic E-state index is 0.252. The Morgan fingerprint density at radius 1 is 1.14 bits per heavy atom. The van der Waals surface area contributed by atoms with Crippen LogP contribution in [0.2, 0.25) is 0 Å². The lowest BCUT2D eigenvalue weighted by molar-refractivity contribution is 0.477. The van der Waals surface area contributed by atoms with Gasteiger partial charge in [0.15, 0.2) is 0 Å². The van der Waals surface area contributed by atoms with Gasteiger partial charge in [0.1, 0.15) is 0 Å². The summed E-state index contributed by atoms with van der Waals surface area (Å²) in [4.78, 5) is 4.32. The molecule has 1 saturated carbocycles. The normalized spacial score (nSPS) is 17.0. The highest BCUT2D eigenvalue weighted by atomic mass is 15.0. The van der Waals surface area contributed by atoms with Crippen LogP contribution in [0, 0.1) is 13.8 Å². The van der Waals surface area contributed by atoms with E-state index in [0.29, 0.717) is 6.04 Å². The summed E-state index contributed by atoms with van der Waals surface area (Å²) in [5.74, 6) is 0. The molecule has 2 aromatic rings. The van der Waals surface area contributed by atoms with Crippen LogP contribution < -0.4 is 5.32 Å². The first-order valence-electron chi connectivity index (χ1n) is 7.97. The largest absolute Gasteiger partial charge is 0.303 e. The van der Waals surface area contributed by atoms with Crippen LogP contribution in [-0.2, 0) is 0 Å². The predicted molar refractivity (Wildman–Crippen MR) is 87.4 cm³/mol. The summed E-state index contributed by atoms with van der Waals surface area (Å²) >= 11 is 0. The van der Waals surface area contributed by atoms with Gasteiger partial charge in [0.05, 0.1) is 6.04 Å². The van der Waals surface area contributed by atoms with Crippen molar-refractivity contribution in [1.29, 1.82) is 0 Å². The third kappa shape index (κ3) is 3.33. The molecule has 1 atom stereocenters. The van der Waals surface area contributed by atoms with Crippen molar-refractivity contribution in [2.24, 2.45) is 0 Å². The van der Waals surface area contributed by atoms with Crippen molar-refractivity contribution >= 4 is 0 Å². The van der Waals surface area contributed by atoms with E-state index in [1.165, 1.54) is 47.9 Å². The molecule has 1 heterocycles. The maximum absolute atomic E-state index is 4.32. The number of nitrogens with zero attached hydrogens (tertiary/aromatic N) is 1. The summed E-state index contributed by atoms with van der Waals surface area (Å²) in [6, 6.07) is 11.8. The Balaban J connectivity index is 1.96. The van der Waals surface area contributed by atoms with Crippen LogP contribution in [0.25, 0.3) is 0 Å². The molecule has 1 aliphatic carbocycles. The van der Waals surface area contributed by atoms with E-state index >= 15 is 0 Å². The van der Waals surface area contributed by atoms with E-state index in [9.17, 15) is 0 Å². The fourth-order valence-electron chi connectivity index (χ4n) is 3.31. The van der Waals surface area contributed by atoms with Gasteiger partial charge in [-0.2, -0.15) is 0 Å². The van der Waals surface area contributed by atoms with Crippen molar-refractivity contribution in [3.63, 3.8) is 0 Å². The molecule has 1 fully saturated rings. The predicted octanol–water partition coefficient (Wildman–Crippen LogP) is 4.32. The highest BCUT2D eigenvalue weighted by Crippen LogP contribution is 2.29. The third-order valence-electron chi connectivity index (χ3n) is 4.52. The number of nitrogens with one attached hydrogen (secondary N) is 1. The second-order valence-electron chi connectivity index (χ2n) is 6.23. The first-order chi connectivity index (χ1) is 10.2. The minimum atomic E-state index is 0.252. The number of aromatic nitrogens is 1. The topological polar surface area (TPSA) is 24.9 Å². The van der Waals surface area contributed by atoms with E-state index in [1.807, 2.05) is 18.5 Å². The van der Waals surface area contributed by atoms with Crippen LogP contribution in [0.5, 0.6) is 0 Å². The lowest BCUT2D eigenvalue weighted by Gasteiger charge is -2.25. The molecule has 0 amide bonds. The van der Waals surface area contributed by atoms with Crippen molar-refractivity contribution in [2.45, 2.75) is 51.6 Å². The fraction of sp³-hybridized carbons (Fsp3) is 0.421. The summed E-state index contributed by atoms with van der Waals surface area (Å²) in [5, 5.41) is 3.88. The molecule has 0 spiro atoms. The van der Waals surface area contributed by atoms with Crippen molar-refractivity contribution in [2.75, 3.05) is 0 Å². The van der Waals surface area contributed by atoms with Gasteiger partial charge < -0.3 is 5.32 Å². The first-order valence-corrected chi connectivity index (χ1v) is 7.97. The number of hydrogen-bond acceptors (Lipinski definition) is 2. The molecule has 1 N–H and O–H groups in total. The average molecular weight is 280 g/mol. The highest BCUT2D eigenvalue weighted by Gasteiger charge is 2.22. The van der Waals surface area contributed by atoms with Crippen molar-refractivity contribution in [3.05, 3.63) is 65.0 Å². The summed E-state index contributed by atoms with van der Waals surface area (Å²) in [7, 11) is 0.